The minimum atomic E-state index is -0.208. The van der Waals surface area contributed by atoms with Crippen LogP contribution in [-0.4, -0.2) is 23.3 Å². The average molecular weight is 387 g/mol. The van der Waals surface area contributed by atoms with Gasteiger partial charge < -0.3 is 9.84 Å². The van der Waals surface area contributed by atoms with Crippen molar-refractivity contribution < 1.29 is 14.6 Å². The van der Waals surface area contributed by atoms with Gasteiger partial charge in [-0.05, 0) is 93.0 Å². The summed E-state index contributed by atoms with van der Waals surface area (Å²) in [6, 6.07) is 0. The summed E-state index contributed by atoms with van der Waals surface area (Å²) in [5, 5.41) is 10.7. The van der Waals surface area contributed by atoms with Crippen molar-refractivity contribution in [2.75, 3.05) is 0 Å². The molecule has 0 unspecified atom stereocenters. The summed E-state index contributed by atoms with van der Waals surface area (Å²) in [4.78, 5) is 12.7. The molecule has 0 radical (unpaired) electrons. The topological polar surface area (TPSA) is 46.5 Å². The summed E-state index contributed by atoms with van der Waals surface area (Å²) in [7, 11) is 0. The van der Waals surface area contributed by atoms with Gasteiger partial charge in [-0.2, -0.15) is 0 Å². The molecule has 3 nitrogen and oxygen atoms in total. The summed E-state index contributed by atoms with van der Waals surface area (Å²) >= 11 is 0. The molecule has 1 N–H and O–H groups in total. The Morgan fingerprint density at radius 3 is 2.54 bits per heavy atom. The van der Waals surface area contributed by atoms with E-state index < -0.39 is 0 Å². The van der Waals surface area contributed by atoms with Crippen molar-refractivity contribution in [2.45, 2.75) is 91.8 Å². The zero-order valence-electron chi connectivity index (χ0n) is 18.4. The number of allylic oxidation sites excluding steroid dienone is 1. The molecule has 4 fully saturated rings. The predicted molar refractivity (Wildman–Crippen MR) is 112 cm³/mol. The minimum Gasteiger partial charge on any atom is -0.454 e. The fraction of sp³-hybridized carbons (Fsp3) is 0.800. The van der Waals surface area contributed by atoms with Gasteiger partial charge in [0, 0.05) is 11.0 Å². The first kappa shape index (κ1) is 20.2. The van der Waals surface area contributed by atoms with E-state index in [0.29, 0.717) is 23.3 Å². The van der Waals surface area contributed by atoms with Gasteiger partial charge in [0.25, 0.3) is 0 Å². The van der Waals surface area contributed by atoms with Crippen LogP contribution in [0.4, 0.5) is 0 Å². The van der Waals surface area contributed by atoms with Crippen molar-refractivity contribution in [3.8, 4) is 0 Å². The number of carbonyl (C=O) groups is 1. The number of aliphatic hydroxyl groups excluding tert-OH is 1. The highest BCUT2D eigenvalue weighted by Crippen LogP contribution is 2.72. The van der Waals surface area contributed by atoms with Crippen LogP contribution in [0.25, 0.3) is 0 Å². The van der Waals surface area contributed by atoms with E-state index in [1.165, 1.54) is 12.8 Å². The van der Waals surface area contributed by atoms with Crippen LogP contribution in [0.5, 0.6) is 0 Å². The number of carbonyl (C=O) groups excluding carboxylic acids is 1. The SMILES string of the molecule is C=C1[C@@H]2CC[C@@H]3[C@@]4(C)CC[C@H](O)C(C)(C)[C@@H]4CC[C@@]3(C2)[C@@H]1OC(=O)/C(C)=C/C. The van der Waals surface area contributed by atoms with Crippen molar-refractivity contribution >= 4 is 5.97 Å². The van der Waals surface area contributed by atoms with Crippen LogP contribution in [0, 0.1) is 34.0 Å². The molecule has 0 aromatic heterocycles. The van der Waals surface area contributed by atoms with Gasteiger partial charge in [-0.25, -0.2) is 4.79 Å². The molecule has 0 saturated heterocycles. The molecule has 4 rings (SSSR count). The van der Waals surface area contributed by atoms with Crippen molar-refractivity contribution in [1.82, 2.24) is 0 Å². The van der Waals surface area contributed by atoms with Crippen LogP contribution in [-0.2, 0) is 9.53 Å². The third-order valence-electron chi connectivity index (χ3n) is 9.69. The van der Waals surface area contributed by atoms with Crippen LogP contribution in [0.15, 0.2) is 23.8 Å². The van der Waals surface area contributed by atoms with Crippen molar-refractivity contribution in [2.24, 2.45) is 34.0 Å². The molecule has 3 heteroatoms. The van der Waals surface area contributed by atoms with E-state index in [9.17, 15) is 9.90 Å². The molecule has 0 aromatic carbocycles. The molecule has 4 aliphatic rings. The van der Waals surface area contributed by atoms with Crippen LogP contribution >= 0.6 is 0 Å². The van der Waals surface area contributed by atoms with E-state index in [0.717, 1.165) is 37.7 Å². The second kappa shape index (κ2) is 6.45. The van der Waals surface area contributed by atoms with E-state index in [4.69, 9.17) is 4.74 Å². The number of ether oxygens (including phenoxy) is 1. The van der Waals surface area contributed by atoms with Crippen molar-refractivity contribution in [3.63, 3.8) is 0 Å². The molecule has 0 amide bonds. The normalized spacial score (nSPS) is 47.3. The second-order valence-electron chi connectivity index (χ2n) is 11.1. The summed E-state index contributed by atoms with van der Waals surface area (Å²) in [5.74, 6) is 1.39. The number of hydrogen-bond acceptors (Lipinski definition) is 3. The largest absolute Gasteiger partial charge is 0.454 e. The van der Waals surface area contributed by atoms with E-state index in [1.807, 2.05) is 19.9 Å². The monoisotopic (exact) mass is 386 g/mol. The quantitative estimate of drug-likeness (QED) is 0.391. The zero-order chi connectivity index (χ0) is 20.5. The van der Waals surface area contributed by atoms with Crippen LogP contribution in [0.1, 0.15) is 79.6 Å². The first-order chi connectivity index (χ1) is 13.1. The molecular formula is C25H38O3. The molecule has 0 aliphatic heterocycles. The first-order valence-electron chi connectivity index (χ1n) is 11.3. The molecule has 4 saturated carbocycles. The van der Waals surface area contributed by atoms with Crippen molar-refractivity contribution in [1.29, 1.82) is 0 Å². The van der Waals surface area contributed by atoms with Gasteiger partial charge >= 0.3 is 5.97 Å². The zero-order valence-corrected chi connectivity index (χ0v) is 18.4. The molecule has 0 aromatic rings. The molecule has 2 bridgehead atoms. The Morgan fingerprint density at radius 1 is 1.14 bits per heavy atom. The van der Waals surface area contributed by atoms with Gasteiger partial charge in [0.1, 0.15) is 6.10 Å². The fourth-order valence-corrected chi connectivity index (χ4v) is 8.06. The molecule has 0 heterocycles. The lowest BCUT2D eigenvalue weighted by Gasteiger charge is -2.65. The lowest BCUT2D eigenvalue weighted by atomic mass is 9.40. The smallest absolute Gasteiger partial charge is 0.333 e. The summed E-state index contributed by atoms with van der Waals surface area (Å²) in [6.45, 7) is 15.2. The first-order valence-corrected chi connectivity index (χ1v) is 11.3. The van der Waals surface area contributed by atoms with E-state index >= 15 is 0 Å². The average Bonchev–Trinajstić information content (AvgIpc) is 2.84. The van der Waals surface area contributed by atoms with Gasteiger partial charge in [-0.3, -0.25) is 0 Å². The lowest BCUT2D eigenvalue weighted by molar-refractivity contribution is -0.201. The molecule has 4 aliphatic carbocycles. The maximum atomic E-state index is 12.7. The van der Waals surface area contributed by atoms with Gasteiger partial charge in [0.2, 0.25) is 0 Å². The maximum Gasteiger partial charge on any atom is 0.333 e. The van der Waals surface area contributed by atoms with Gasteiger partial charge in [-0.1, -0.05) is 33.4 Å². The Morgan fingerprint density at radius 2 is 1.86 bits per heavy atom. The number of aliphatic hydroxyl groups is 1. The standard InChI is InChI=1S/C25H38O3/c1-7-15(2)22(27)28-21-16(3)17-8-9-19-24(6)12-11-20(26)23(4,5)18(24)10-13-25(19,21)14-17/h7,17-21,26H,3,8-14H2,1-2,4-6H3/b15-7+/t17-,18+,19-,20+,21-,24+,25+/m1/s1. The van der Waals surface area contributed by atoms with Gasteiger partial charge in [0.15, 0.2) is 0 Å². The Bertz CT molecular complexity index is 719. The van der Waals surface area contributed by atoms with Gasteiger partial charge in [0.05, 0.1) is 6.10 Å². The van der Waals surface area contributed by atoms with E-state index in [-0.39, 0.29) is 34.4 Å². The molecule has 1 spiro atoms. The Kier molecular flexibility index (Phi) is 4.65. The molecule has 7 atom stereocenters. The van der Waals surface area contributed by atoms with E-state index in [1.54, 1.807) is 0 Å². The van der Waals surface area contributed by atoms with Crippen LogP contribution in [0.2, 0.25) is 0 Å². The second-order valence-corrected chi connectivity index (χ2v) is 11.1. The third-order valence-corrected chi connectivity index (χ3v) is 9.69. The number of rotatable bonds is 2. The van der Waals surface area contributed by atoms with Crippen LogP contribution < -0.4 is 0 Å². The predicted octanol–water partition coefficient (Wildman–Crippen LogP) is 5.43. The summed E-state index contributed by atoms with van der Waals surface area (Å²) in [5.41, 5.74) is 2.06. The van der Waals surface area contributed by atoms with Gasteiger partial charge in [-0.15, -0.1) is 0 Å². The molecular weight excluding hydrogens is 348 g/mol. The number of fused-ring (bicyclic) bond motifs is 3. The number of hydrogen-bond donors (Lipinski definition) is 1. The molecule has 156 valence electrons. The summed E-state index contributed by atoms with van der Waals surface area (Å²) in [6.07, 6.45) is 9.19. The lowest BCUT2D eigenvalue weighted by Crippen LogP contribution is -2.61. The fourth-order valence-electron chi connectivity index (χ4n) is 8.06. The summed E-state index contributed by atoms with van der Waals surface area (Å²) < 4.78 is 6.19. The highest BCUT2D eigenvalue weighted by molar-refractivity contribution is 5.88. The Labute approximate surface area is 170 Å². The van der Waals surface area contributed by atoms with Crippen molar-refractivity contribution in [3.05, 3.63) is 23.8 Å². The number of esters is 1. The maximum absolute atomic E-state index is 12.7. The van der Waals surface area contributed by atoms with Crippen LogP contribution in [0.3, 0.4) is 0 Å². The molecule has 28 heavy (non-hydrogen) atoms. The van der Waals surface area contributed by atoms with E-state index in [2.05, 4.69) is 27.4 Å². The Balaban J connectivity index is 1.72. The third kappa shape index (κ3) is 2.54. The highest BCUT2D eigenvalue weighted by Gasteiger charge is 2.68. The Hall–Kier alpha value is -1.09. The minimum absolute atomic E-state index is 0.0468. The highest BCUT2D eigenvalue weighted by atomic mass is 16.5.